The molecule has 0 saturated heterocycles. The maximum atomic E-state index is 12.6. The molecule has 16 heavy (non-hydrogen) atoms. The first kappa shape index (κ1) is 13.3. The highest BCUT2D eigenvalue weighted by atomic mass is 32.3. The van der Waals surface area contributed by atoms with Gasteiger partial charge in [-0.15, -0.1) is 0 Å². The lowest BCUT2D eigenvalue weighted by atomic mass is 9.80. The highest BCUT2D eigenvalue weighted by Crippen LogP contribution is 2.35. The van der Waals surface area contributed by atoms with Crippen molar-refractivity contribution in [1.29, 1.82) is 0 Å². The van der Waals surface area contributed by atoms with E-state index in [-0.39, 0.29) is 5.92 Å². The summed E-state index contributed by atoms with van der Waals surface area (Å²) in [6, 6.07) is 0. The topological polar surface area (TPSA) is 69.4 Å². The predicted molar refractivity (Wildman–Crippen MR) is 59.6 cm³/mol. The largest absolute Gasteiger partial charge is 0.438 e. The normalized spacial score (nSPS) is 30.2. The Morgan fingerprint density at radius 1 is 1.62 bits per heavy atom. The van der Waals surface area contributed by atoms with Gasteiger partial charge in [0.1, 0.15) is 5.60 Å². The standard InChI is InChI=1S/C10H16FNO3S/c1-8-9(5-7-12)4-3-6-10(8,2)15-16(11,13)14/h3-4,6,8H,5,7,12H2,1-2H3. The molecule has 2 atom stereocenters. The molecule has 2 N–H and O–H groups in total. The van der Waals surface area contributed by atoms with Gasteiger partial charge in [0.05, 0.1) is 0 Å². The van der Waals surface area contributed by atoms with Crippen molar-refractivity contribution in [3.05, 3.63) is 23.8 Å². The molecule has 0 radical (unpaired) electrons. The Balaban J connectivity index is 2.93. The third-order valence-corrected chi connectivity index (χ3v) is 3.42. The fourth-order valence-electron chi connectivity index (χ4n) is 1.80. The van der Waals surface area contributed by atoms with Crippen LogP contribution in [0.15, 0.2) is 23.8 Å². The predicted octanol–water partition coefficient (Wildman–Crippen LogP) is 1.46. The van der Waals surface area contributed by atoms with Gasteiger partial charge in [0.25, 0.3) is 0 Å². The van der Waals surface area contributed by atoms with Gasteiger partial charge in [0.2, 0.25) is 0 Å². The SMILES string of the molecule is CC1C(CCN)=CC=CC1(C)OS(=O)(=O)F. The van der Waals surface area contributed by atoms with Gasteiger partial charge < -0.3 is 5.73 Å². The molecule has 0 aromatic carbocycles. The number of nitrogens with two attached hydrogens (primary N) is 1. The fraction of sp³-hybridized carbons (Fsp3) is 0.600. The van der Waals surface area contributed by atoms with E-state index in [9.17, 15) is 12.3 Å². The van der Waals surface area contributed by atoms with Gasteiger partial charge in [-0.3, -0.25) is 0 Å². The van der Waals surface area contributed by atoms with E-state index in [4.69, 9.17) is 5.73 Å². The molecule has 6 heteroatoms. The first-order valence-corrected chi connectivity index (χ1v) is 6.33. The number of halogens is 1. The summed E-state index contributed by atoms with van der Waals surface area (Å²) in [5, 5.41) is 0. The molecule has 1 rings (SSSR count). The minimum absolute atomic E-state index is 0.230. The Morgan fingerprint density at radius 2 is 2.25 bits per heavy atom. The van der Waals surface area contributed by atoms with Crippen molar-refractivity contribution >= 4 is 10.5 Å². The molecule has 92 valence electrons. The lowest BCUT2D eigenvalue weighted by molar-refractivity contribution is 0.0933. The number of hydrogen-bond donors (Lipinski definition) is 1. The second-order valence-corrected chi connectivity index (χ2v) is 4.97. The minimum atomic E-state index is -4.96. The quantitative estimate of drug-likeness (QED) is 0.766. The molecule has 0 saturated carbocycles. The molecule has 0 aliphatic heterocycles. The Kier molecular flexibility index (Phi) is 3.88. The van der Waals surface area contributed by atoms with Crippen LogP contribution in [0.1, 0.15) is 20.3 Å². The smallest absolute Gasteiger partial charge is 0.330 e. The van der Waals surface area contributed by atoms with Crippen molar-refractivity contribution in [2.45, 2.75) is 25.9 Å². The molecular weight excluding hydrogens is 233 g/mol. The van der Waals surface area contributed by atoms with Crippen molar-refractivity contribution in [3.63, 3.8) is 0 Å². The Labute approximate surface area is 95.4 Å². The third-order valence-electron chi connectivity index (χ3n) is 2.87. The Morgan fingerprint density at radius 3 is 2.75 bits per heavy atom. The summed E-state index contributed by atoms with van der Waals surface area (Å²) in [7, 11) is -4.96. The number of allylic oxidation sites excluding steroid dienone is 2. The van der Waals surface area contributed by atoms with Crippen LogP contribution < -0.4 is 5.73 Å². The fourth-order valence-corrected chi connectivity index (χ4v) is 2.43. The van der Waals surface area contributed by atoms with Crippen LogP contribution in [0.4, 0.5) is 3.89 Å². The summed E-state index contributed by atoms with van der Waals surface area (Å²) in [4.78, 5) is 0. The van der Waals surface area contributed by atoms with Gasteiger partial charge in [0, 0.05) is 5.92 Å². The summed E-state index contributed by atoms with van der Waals surface area (Å²) in [6.07, 6.45) is 5.69. The van der Waals surface area contributed by atoms with E-state index in [1.54, 1.807) is 13.0 Å². The van der Waals surface area contributed by atoms with Gasteiger partial charge in [-0.25, -0.2) is 4.18 Å². The van der Waals surface area contributed by atoms with Crippen LogP contribution in [0.5, 0.6) is 0 Å². The van der Waals surface area contributed by atoms with Crippen molar-refractivity contribution in [2.24, 2.45) is 11.7 Å². The zero-order valence-electron chi connectivity index (χ0n) is 9.31. The molecule has 0 heterocycles. The lowest BCUT2D eigenvalue weighted by Crippen LogP contribution is -2.38. The first-order chi connectivity index (χ1) is 7.28. The zero-order chi connectivity index (χ0) is 12.4. The van der Waals surface area contributed by atoms with E-state index in [1.807, 2.05) is 6.08 Å². The molecule has 1 aliphatic rings. The molecule has 0 amide bonds. The third kappa shape index (κ3) is 3.13. The second-order valence-electron chi connectivity index (χ2n) is 4.02. The van der Waals surface area contributed by atoms with Crippen LogP contribution in [0.3, 0.4) is 0 Å². The Bertz CT molecular complexity index is 416. The highest BCUT2D eigenvalue weighted by molar-refractivity contribution is 7.81. The van der Waals surface area contributed by atoms with Crippen molar-refractivity contribution in [3.8, 4) is 0 Å². The summed E-state index contributed by atoms with van der Waals surface area (Å²) in [6.45, 7) is 3.79. The average Bonchev–Trinajstić information content (AvgIpc) is 2.10. The van der Waals surface area contributed by atoms with Crippen molar-refractivity contribution < 1.29 is 16.5 Å². The van der Waals surface area contributed by atoms with Crippen LogP contribution in [0.2, 0.25) is 0 Å². The second kappa shape index (κ2) is 4.65. The molecule has 0 fully saturated rings. The minimum Gasteiger partial charge on any atom is -0.330 e. The van der Waals surface area contributed by atoms with Crippen LogP contribution in [-0.2, 0) is 14.7 Å². The molecule has 0 bridgehead atoms. The van der Waals surface area contributed by atoms with Gasteiger partial charge in [-0.1, -0.05) is 34.6 Å². The maximum Gasteiger partial charge on any atom is 0.438 e. The Hall–Kier alpha value is -0.720. The van der Waals surface area contributed by atoms with Crippen LogP contribution >= 0.6 is 0 Å². The van der Waals surface area contributed by atoms with Crippen LogP contribution in [-0.4, -0.2) is 20.6 Å². The molecule has 0 spiro atoms. The molecule has 1 aliphatic carbocycles. The summed E-state index contributed by atoms with van der Waals surface area (Å²) in [5.74, 6) is -0.230. The molecule has 4 nitrogen and oxygen atoms in total. The van der Waals surface area contributed by atoms with E-state index < -0.39 is 16.1 Å². The van der Waals surface area contributed by atoms with E-state index in [2.05, 4.69) is 4.18 Å². The number of hydrogen-bond acceptors (Lipinski definition) is 4. The van der Waals surface area contributed by atoms with Crippen molar-refractivity contribution in [2.75, 3.05) is 6.54 Å². The lowest BCUT2D eigenvalue weighted by Gasteiger charge is -2.34. The summed E-state index contributed by atoms with van der Waals surface area (Å²) >= 11 is 0. The highest BCUT2D eigenvalue weighted by Gasteiger charge is 2.37. The van der Waals surface area contributed by atoms with E-state index in [0.717, 1.165) is 5.57 Å². The summed E-state index contributed by atoms with van der Waals surface area (Å²) < 4.78 is 38.2. The van der Waals surface area contributed by atoms with Gasteiger partial charge >= 0.3 is 10.5 Å². The van der Waals surface area contributed by atoms with Gasteiger partial charge in [-0.05, 0) is 19.9 Å². The molecule has 0 aromatic rings. The first-order valence-electron chi connectivity index (χ1n) is 5.02. The summed E-state index contributed by atoms with van der Waals surface area (Å²) in [5.41, 5.74) is 5.22. The van der Waals surface area contributed by atoms with E-state index in [1.165, 1.54) is 13.0 Å². The van der Waals surface area contributed by atoms with Gasteiger partial charge in [-0.2, -0.15) is 8.42 Å². The monoisotopic (exact) mass is 249 g/mol. The van der Waals surface area contributed by atoms with Crippen LogP contribution in [0.25, 0.3) is 0 Å². The van der Waals surface area contributed by atoms with E-state index >= 15 is 0 Å². The van der Waals surface area contributed by atoms with Gasteiger partial charge in [0.15, 0.2) is 0 Å². The maximum absolute atomic E-state index is 12.6. The zero-order valence-corrected chi connectivity index (χ0v) is 10.1. The molecule has 2 unspecified atom stereocenters. The number of rotatable bonds is 4. The molecular formula is C10H16FNO3S. The van der Waals surface area contributed by atoms with Crippen LogP contribution in [0, 0.1) is 5.92 Å². The van der Waals surface area contributed by atoms with E-state index in [0.29, 0.717) is 13.0 Å². The van der Waals surface area contributed by atoms with Crippen molar-refractivity contribution in [1.82, 2.24) is 0 Å². The average molecular weight is 249 g/mol. The molecule has 0 aromatic heterocycles.